The van der Waals surface area contributed by atoms with Crippen LogP contribution in [0.4, 0.5) is 0 Å². The van der Waals surface area contributed by atoms with Gasteiger partial charge in [-0.15, -0.1) is 0 Å². The minimum absolute atomic E-state index is 0.0781. The Labute approximate surface area is 489 Å². The van der Waals surface area contributed by atoms with E-state index in [2.05, 4.69) is 72.8 Å². The molecule has 5 nitrogen and oxygen atoms in total. The van der Waals surface area contributed by atoms with Crippen molar-refractivity contribution in [2.75, 3.05) is 14.2 Å². The summed E-state index contributed by atoms with van der Waals surface area (Å²) in [4.78, 5) is 47.0. The molecule has 84 heavy (non-hydrogen) atoms. The molecule has 0 spiro atoms. The fourth-order valence-electron chi connectivity index (χ4n) is 12.3. The Morgan fingerprint density at radius 2 is 0.333 bits per heavy atom. The molecule has 10 aromatic carbocycles. The number of carbonyl (C=O) groups is 3. The van der Waals surface area contributed by atoms with Crippen LogP contribution in [0.5, 0.6) is 0 Å². The van der Waals surface area contributed by atoms with Gasteiger partial charge in [-0.3, -0.25) is 14.4 Å². The highest BCUT2D eigenvalue weighted by molar-refractivity contribution is 6.61. The van der Waals surface area contributed by atoms with Crippen molar-refractivity contribution in [2.24, 2.45) is 0 Å². The zero-order valence-corrected chi connectivity index (χ0v) is 46.5. The van der Waals surface area contributed by atoms with E-state index in [0.717, 1.165) is 111 Å². The van der Waals surface area contributed by atoms with Gasteiger partial charge in [-0.1, -0.05) is 279 Å². The molecule has 0 atom stereocenters. The van der Waals surface area contributed by atoms with Gasteiger partial charge in [0.05, 0.1) is 13.2 Å². The number of hydrogen-bond acceptors (Lipinski definition) is 5. The van der Waals surface area contributed by atoms with E-state index in [4.69, 9.17) is 9.47 Å². The molecule has 10 aromatic rings. The molecule has 0 aromatic heterocycles. The van der Waals surface area contributed by atoms with Crippen molar-refractivity contribution in [3.63, 3.8) is 0 Å². The van der Waals surface area contributed by atoms with Crippen LogP contribution >= 0.6 is 0 Å². The molecule has 0 heterocycles. The summed E-state index contributed by atoms with van der Waals surface area (Å²) in [6.07, 6.45) is 0. The zero-order valence-electron chi connectivity index (χ0n) is 46.5. The molecule has 3 aliphatic carbocycles. The van der Waals surface area contributed by atoms with Gasteiger partial charge in [-0.25, -0.2) is 0 Å². The maximum absolute atomic E-state index is 16.0. The lowest BCUT2D eigenvalue weighted by Gasteiger charge is -2.15. The van der Waals surface area contributed by atoms with E-state index >= 15 is 14.4 Å². The third-order valence-corrected chi connectivity index (χ3v) is 16.0. The summed E-state index contributed by atoms with van der Waals surface area (Å²) in [5.41, 5.74) is 20.7. The highest BCUT2D eigenvalue weighted by Gasteiger charge is 2.39. The number of benzene rings is 10. The maximum Gasteiger partial charge on any atom is 0.195 e. The van der Waals surface area contributed by atoms with Crippen LogP contribution in [-0.2, 0) is 37.1 Å². The van der Waals surface area contributed by atoms with Crippen molar-refractivity contribution in [3.05, 3.63) is 357 Å². The van der Waals surface area contributed by atoms with Crippen LogP contribution in [-0.4, -0.2) is 31.6 Å². The van der Waals surface area contributed by atoms with E-state index in [0.29, 0.717) is 46.7 Å². The number of rotatable bonds is 16. The highest BCUT2D eigenvalue weighted by atomic mass is 16.5. The van der Waals surface area contributed by atoms with Crippen LogP contribution in [0.15, 0.2) is 279 Å². The molecule has 0 saturated carbocycles. The van der Waals surface area contributed by atoms with E-state index < -0.39 is 0 Å². The minimum atomic E-state index is -0.130. The van der Waals surface area contributed by atoms with Crippen molar-refractivity contribution in [1.29, 1.82) is 0 Å². The number of methoxy groups -OCH3 is 2. The molecular formula is C79H56O5. The lowest BCUT2D eigenvalue weighted by atomic mass is 9.88. The average molecular weight is 1090 g/mol. The van der Waals surface area contributed by atoms with E-state index in [1.807, 2.05) is 206 Å². The Morgan fingerprint density at radius 1 is 0.190 bits per heavy atom. The molecule has 0 N–H and O–H groups in total. The second-order valence-electron chi connectivity index (χ2n) is 21.1. The number of ether oxygens (including phenoxy) is 2. The third-order valence-electron chi connectivity index (χ3n) is 16.0. The summed E-state index contributed by atoms with van der Waals surface area (Å²) in [5, 5.41) is 0. The predicted molar refractivity (Wildman–Crippen MR) is 342 cm³/mol. The lowest BCUT2D eigenvalue weighted by molar-refractivity contribution is -0.109. The van der Waals surface area contributed by atoms with Crippen LogP contribution in [0.3, 0.4) is 0 Å². The molecule has 0 fully saturated rings. The summed E-state index contributed by atoms with van der Waals surface area (Å²) < 4.78 is 10.9. The summed E-state index contributed by atoms with van der Waals surface area (Å²) in [6, 6.07) is 92.8. The summed E-state index contributed by atoms with van der Waals surface area (Å²) in [5.74, 6) is -0.286. The van der Waals surface area contributed by atoms with Gasteiger partial charge >= 0.3 is 0 Å². The van der Waals surface area contributed by atoms with Crippen LogP contribution < -0.4 is 0 Å². The first-order chi connectivity index (χ1) is 41.4. The average Bonchev–Trinajstić information content (AvgIpc) is 3.33. The van der Waals surface area contributed by atoms with Crippen molar-refractivity contribution >= 4 is 84.2 Å². The quantitative estimate of drug-likeness (QED) is 0.0964. The van der Waals surface area contributed by atoms with E-state index in [1.165, 1.54) is 0 Å². The molecular weight excluding hydrogens is 1030 g/mol. The first kappa shape index (κ1) is 52.9. The summed E-state index contributed by atoms with van der Waals surface area (Å²) in [7, 11) is 3.35. The number of ketones is 3. The van der Waals surface area contributed by atoms with Gasteiger partial charge in [0, 0.05) is 81.1 Å². The molecule has 13 rings (SSSR count). The molecule has 0 amide bonds. The number of hydrogen-bond donors (Lipinski definition) is 0. The lowest BCUT2D eigenvalue weighted by Crippen LogP contribution is -2.05. The first-order valence-electron chi connectivity index (χ1n) is 28.2. The first-order valence-corrected chi connectivity index (χ1v) is 28.2. The molecule has 0 aliphatic heterocycles. The standard InChI is InChI=1S/C79H56O5/c1-83-49-51-33-37-59(38-34-51)71-65(53-21-9-3-10-22-53)67(55-25-13-5-14-26-55)73(77(71)80)61-41-45-63(46-42-61)75-69(57-29-17-7-18-30-57)70(58-31-19-8-20-32-58)76(79(75)82)64-47-43-62(44-48-64)74-68(56-27-15-6-16-28-56)66(54-23-11-4-12-24-54)72(78(74)81)60-39-35-52(36-40-60)50-84-2/h3-48H,49-50H2,1-2H3. The smallest absolute Gasteiger partial charge is 0.195 e. The Kier molecular flexibility index (Phi) is 14.6. The van der Waals surface area contributed by atoms with E-state index in [1.54, 1.807) is 14.2 Å². The number of Topliss-reactive ketones (excluding diaryl/α,β-unsaturated/α-hetero) is 3. The molecule has 5 heteroatoms. The van der Waals surface area contributed by atoms with E-state index in [-0.39, 0.29) is 17.3 Å². The fraction of sp³-hybridized carbons (Fsp3) is 0.0506. The molecule has 0 saturated heterocycles. The number of allylic oxidation sites excluding steroid dienone is 12. The summed E-state index contributed by atoms with van der Waals surface area (Å²) in [6.45, 7) is 0.923. The van der Waals surface area contributed by atoms with Gasteiger partial charge < -0.3 is 9.47 Å². The van der Waals surface area contributed by atoms with Gasteiger partial charge in [0.1, 0.15) is 0 Å². The van der Waals surface area contributed by atoms with Crippen molar-refractivity contribution in [2.45, 2.75) is 13.2 Å². The largest absolute Gasteiger partial charge is 0.380 e. The zero-order chi connectivity index (χ0) is 57.1. The van der Waals surface area contributed by atoms with Crippen molar-refractivity contribution < 1.29 is 23.9 Å². The van der Waals surface area contributed by atoms with Gasteiger partial charge in [0.2, 0.25) is 0 Å². The Bertz CT molecular complexity index is 4070. The normalized spacial score (nSPS) is 14.5. The fourth-order valence-corrected chi connectivity index (χ4v) is 12.3. The molecule has 402 valence electrons. The Morgan fingerprint density at radius 3 is 0.488 bits per heavy atom. The highest BCUT2D eigenvalue weighted by Crippen LogP contribution is 2.54. The van der Waals surface area contributed by atoms with Crippen LogP contribution in [0.1, 0.15) is 77.9 Å². The van der Waals surface area contributed by atoms with Gasteiger partial charge in [0.25, 0.3) is 0 Å². The number of carbonyl (C=O) groups excluding carboxylic acids is 3. The SMILES string of the molecule is COCc1ccc(C2=C(c3ccccc3)C(c3ccccc3)=C(c3ccc(C4=C(c5ccccc5)C(c5ccccc5)=C(c5ccc(C6=C(c7ccccc7)C(c7ccccc7)=C(c7ccc(COC)cc7)C6=O)cc5)C4=O)cc3)C2=O)cc1. The van der Waals surface area contributed by atoms with Crippen molar-refractivity contribution in [3.8, 4) is 0 Å². The minimum Gasteiger partial charge on any atom is -0.380 e. The molecule has 0 unspecified atom stereocenters. The van der Waals surface area contributed by atoms with Crippen LogP contribution in [0.2, 0.25) is 0 Å². The monoisotopic (exact) mass is 1080 g/mol. The van der Waals surface area contributed by atoms with E-state index in [9.17, 15) is 0 Å². The topological polar surface area (TPSA) is 69.7 Å². The van der Waals surface area contributed by atoms with Crippen LogP contribution in [0.25, 0.3) is 66.9 Å². The van der Waals surface area contributed by atoms with Crippen molar-refractivity contribution in [1.82, 2.24) is 0 Å². The predicted octanol–water partition coefficient (Wildman–Crippen LogP) is 17.3. The second-order valence-corrected chi connectivity index (χ2v) is 21.1. The Balaban J connectivity index is 0.942. The molecule has 0 radical (unpaired) electrons. The third kappa shape index (κ3) is 9.71. The van der Waals surface area contributed by atoms with Crippen LogP contribution in [0, 0.1) is 0 Å². The molecule has 3 aliphatic rings. The maximum atomic E-state index is 16.0. The van der Waals surface area contributed by atoms with Gasteiger partial charge in [-0.2, -0.15) is 0 Å². The second kappa shape index (κ2) is 23.2. The van der Waals surface area contributed by atoms with Gasteiger partial charge in [-0.05, 0) is 77.9 Å². The Hall–Kier alpha value is -10.4. The van der Waals surface area contributed by atoms with Gasteiger partial charge in [0.15, 0.2) is 17.3 Å². The molecule has 0 bridgehead atoms. The summed E-state index contributed by atoms with van der Waals surface area (Å²) >= 11 is 0.